The van der Waals surface area contributed by atoms with E-state index in [9.17, 15) is 4.79 Å². The van der Waals surface area contributed by atoms with Gasteiger partial charge in [0.2, 0.25) is 0 Å². The number of benzene rings is 1. The average Bonchev–Trinajstić information content (AvgIpc) is 2.39. The average molecular weight is 235 g/mol. The highest BCUT2D eigenvalue weighted by Gasteiger charge is 2.20. The van der Waals surface area contributed by atoms with E-state index in [1.807, 2.05) is 49.4 Å². The molecule has 0 N–H and O–H groups in total. The maximum absolute atomic E-state index is 12.2. The van der Waals surface area contributed by atoms with Crippen LogP contribution in [0.2, 0.25) is 0 Å². The number of hydrogen-bond acceptors (Lipinski definition) is 2. The zero-order valence-electron chi connectivity index (χ0n) is 10.2. The molecule has 3 rings (SSSR count). The summed E-state index contributed by atoms with van der Waals surface area (Å²) in [4.78, 5) is 16.5. The van der Waals surface area contributed by atoms with Gasteiger partial charge in [-0.25, -0.2) is 0 Å². The minimum absolute atomic E-state index is 0.180. The van der Waals surface area contributed by atoms with Gasteiger partial charge in [0.15, 0.2) is 5.78 Å². The van der Waals surface area contributed by atoms with E-state index < -0.39 is 0 Å². The molecule has 1 aromatic heterocycles. The van der Waals surface area contributed by atoms with Gasteiger partial charge in [-0.1, -0.05) is 30.3 Å². The Kier molecular flexibility index (Phi) is 2.56. The van der Waals surface area contributed by atoms with Crippen LogP contribution in [-0.2, 0) is 11.2 Å². The van der Waals surface area contributed by atoms with Crippen molar-refractivity contribution in [3.05, 3.63) is 65.0 Å². The lowest BCUT2D eigenvalue weighted by atomic mass is 9.87. The Morgan fingerprint density at radius 2 is 1.89 bits per heavy atom. The van der Waals surface area contributed by atoms with E-state index >= 15 is 0 Å². The first kappa shape index (κ1) is 10.9. The van der Waals surface area contributed by atoms with E-state index in [0.29, 0.717) is 6.42 Å². The molecule has 0 unspecified atom stereocenters. The molecule has 2 nitrogen and oxygen atoms in total. The molecule has 0 radical (unpaired) electrons. The summed E-state index contributed by atoms with van der Waals surface area (Å²) in [5, 5.41) is 0. The molecule has 2 heteroatoms. The Labute approximate surface area is 106 Å². The van der Waals surface area contributed by atoms with Crippen molar-refractivity contribution in [2.75, 3.05) is 0 Å². The zero-order valence-corrected chi connectivity index (χ0v) is 10.2. The Morgan fingerprint density at radius 3 is 2.67 bits per heavy atom. The van der Waals surface area contributed by atoms with Gasteiger partial charge < -0.3 is 0 Å². The van der Waals surface area contributed by atoms with Crippen LogP contribution in [0.5, 0.6) is 0 Å². The van der Waals surface area contributed by atoms with Crippen LogP contribution in [0, 0.1) is 6.92 Å². The van der Waals surface area contributed by atoms with Crippen molar-refractivity contribution in [2.45, 2.75) is 13.3 Å². The number of aryl methyl sites for hydroxylation is 1. The zero-order chi connectivity index (χ0) is 12.5. The van der Waals surface area contributed by atoms with E-state index in [1.165, 1.54) is 0 Å². The molecular formula is C16H13NO. The van der Waals surface area contributed by atoms with Crippen LogP contribution in [0.1, 0.15) is 22.4 Å². The van der Waals surface area contributed by atoms with Crippen LogP contribution in [0.3, 0.4) is 0 Å². The topological polar surface area (TPSA) is 30.0 Å². The Hall–Kier alpha value is -2.22. The molecule has 0 bridgehead atoms. The number of fused-ring (bicyclic) bond motifs is 1. The van der Waals surface area contributed by atoms with Crippen LogP contribution in [-0.4, -0.2) is 10.8 Å². The normalized spacial score (nSPS) is 14.1. The van der Waals surface area contributed by atoms with Crippen molar-refractivity contribution in [3.8, 4) is 0 Å². The quantitative estimate of drug-likeness (QED) is 0.760. The molecule has 0 fully saturated rings. The molecule has 0 atom stereocenters. The number of allylic oxidation sites excluding steroid dienone is 1. The number of ketones is 1. The van der Waals surface area contributed by atoms with Crippen LogP contribution in [0.25, 0.3) is 11.6 Å². The molecule has 0 saturated carbocycles. The molecule has 18 heavy (non-hydrogen) atoms. The first-order chi connectivity index (χ1) is 8.75. The number of carbonyl (C=O) groups is 1. The summed E-state index contributed by atoms with van der Waals surface area (Å²) in [7, 11) is 0. The van der Waals surface area contributed by atoms with Gasteiger partial charge in [-0.15, -0.1) is 0 Å². The second-order valence-corrected chi connectivity index (χ2v) is 4.49. The molecule has 1 aliphatic rings. The molecule has 1 aliphatic carbocycles. The summed E-state index contributed by atoms with van der Waals surface area (Å²) in [6.07, 6.45) is 4.21. The fraction of sp³-hybridized carbons (Fsp3) is 0.125. The Bertz CT molecular complexity index is 641. The third-order valence-corrected chi connectivity index (χ3v) is 3.30. The lowest BCUT2D eigenvalue weighted by Crippen LogP contribution is -2.12. The molecule has 0 saturated heterocycles. The van der Waals surface area contributed by atoms with Crippen molar-refractivity contribution in [1.82, 2.24) is 4.98 Å². The van der Waals surface area contributed by atoms with Crippen LogP contribution in [0.15, 0.2) is 42.6 Å². The second kappa shape index (κ2) is 4.22. The fourth-order valence-corrected chi connectivity index (χ4v) is 2.34. The molecular weight excluding hydrogens is 222 g/mol. The highest BCUT2D eigenvalue weighted by molar-refractivity contribution is 6.27. The maximum Gasteiger partial charge on any atom is 0.167 e. The Morgan fingerprint density at radius 1 is 1.11 bits per heavy atom. The predicted octanol–water partition coefficient (Wildman–Crippen LogP) is 3.06. The molecule has 0 amide bonds. The van der Waals surface area contributed by atoms with Gasteiger partial charge in [0.25, 0.3) is 0 Å². The van der Waals surface area contributed by atoms with Crippen molar-refractivity contribution >= 4 is 17.4 Å². The number of hydrogen-bond donors (Lipinski definition) is 0. The van der Waals surface area contributed by atoms with E-state index in [-0.39, 0.29) is 5.78 Å². The highest BCUT2D eigenvalue weighted by Crippen LogP contribution is 2.28. The minimum atomic E-state index is 0.180. The molecule has 2 aromatic rings. The standard InChI is InChI=1S/C16H13NO/c1-11-14-10-15(12-5-3-2-4-6-12)16(18)9-13(14)7-8-17-11/h2-8,10H,9H2,1H3. The molecule has 88 valence electrons. The first-order valence-electron chi connectivity index (χ1n) is 6.00. The van der Waals surface area contributed by atoms with Crippen molar-refractivity contribution in [1.29, 1.82) is 0 Å². The number of Topliss-reactive ketones (excluding diaryl/α,β-unsaturated/α-hetero) is 1. The van der Waals surface area contributed by atoms with Gasteiger partial charge in [-0.2, -0.15) is 0 Å². The van der Waals surface area contributed by atoms with Gasteiger partial charge in [0.05, 0.1) is 0 Å². The van der Waals surface area contributed by atoms with E-state index in [2.05, 4.69) is 4.98 Å². The van der Waals surface area contributed by atoms with Gasteiger partial charge in [-0.05, 0) is 30.2 Å². The molecule has 0 aliphatic heterocycles. The number of nitrogens with zero attached hydrogens (tertiary/aromatic N) is 1. The first-order valence-corrected chi connectivity index (χ1v) is 6.00. The second-order valence-electron chi connectivity index (χ2n) is 4.49. The Balaban J connectivity index is 2.17. The lowest BCUT2D eigenvalue weighted by molar-refractivity contribution is -0.113. The van der Waals surface area contributed by atoms with Crippen LogP contribution in [0.4, 0.5) is 0 Å². The van der Waals surface area contributed by atoms with Crippen LogP contribution < -0.4 is 0 Å². The molecule has 1 heterocycles. The summed E-state index contributed by atoms with van der Waals surface area (Å²) in [5.41, 5.74) is 4.92. The van der Waals surface area contributed by atoms with Crippen molar-refractivity contribution in [3.63, 3.8) is 0 Å². The van der Waals surface area contributed by atoms with E-state index in [4.69, 9.17) is 0 Å². The largest absolute Gasteiger partial charge is 0.294 e. The predicted molar refractivity (Wildman–Crippen MR) is 72.0 cm³/mol. The maximum atomic E-state index is 12.2. The van der Waals surface area contributed by atoms with Gasteiger partial charge in [0, 0.05) is 29.4 Å². The van der Waals surface area contributed by atoms with Gasteiger partial charge >= 0.3 is 0 Å². The van der Waals surface area contributed by atoms with Crippen molar-refractivity contribution in [2.24, 2.45) is 0 Å². The third kappa shape index (κ3) is 1.76. The van der Waals surface area contributed by atoms with Gasteiger partial charge in [-0.3, -0.25) is 9.78 Å². The SMILES string of the molecule is Cc1nccc2c1C=C(c1ccccc1)C(=O)C2. The summed E-state index contributed by atoms with van der Waals surface area (Å²) in [6.45, 7) is 1.98. The number of carbonyl (C=O) groups excluding carboxylic acids is 1. The fourth-order valence-electron chi connectivity index (χ4n) is 2.34. The number of aromatic nitrogens is 1. The van der Waals surface area contributed by atoms with E-state index in [0.717, 1.165) is 28.0 Å². The summed E-state index contributed by atoms with van der Waals surface area (Å²) in [5.74, 6) is 0.180. The van der Waals surface area contributed by atoms with Crippen LogP contribution >= 0.6 is 0 Å². The third-order valence-electron chi connectivity index (χ3n) is 3.30. The summed E-state index contributed by atoms with van der Waals surface area (Å²) < 4.78 is 0. The van der Waals surface area contributed by atoms with Crippen molar-refractivity contribution < 1.29 is 4.79 Å². The lowest BCUT2D eigenvalue weighted by Gasteiger charge is -2.16. The van der Waals surface area contributed by atoms with E-state index in [1.54, 1.807) is 6.20 Å². The minimum Gasteiger partial charge on any atom is -0.294 e. The number of pyridine rings is 1. The monoisotopic (exact) mass is 235 g/mol. The smallest absolute Gasteiger partial charge is 0.167 e. The molecule has 0 spiro atoms. The number of rotatable bonds is 1. The highest BCUT2D eigenvalue weighted by atomic mass is 16.1. The van der Waals surface area contributed by atoms with Gasteiger partial charge in [0.1, 0.15) is 0 Å². The summed E-state index contributed by atoms with van der Waals surface area (Å²) >= 11 is 0. The molecule has 1 aromatic carbocycles. The summed E-state index contributed by atoms with van der Waals surface area (Å²) in [6, 6.07) is 11.7.